The molecule has 0 spiro atoms. The van der Waals surface area contributed by atoms with Gasteiger partial charge in [-0.25, -0.2) is 9.18 Å². The molecule has 9 heteroatoms. The van der Waals surface area contributed by atoms with E-state index in [1.807, 2.05) is 36.4 Å². The van der Waals surface area contributed by atoms with Gasteiger partial charge < -0.3 is 19.9 Å². The van der Waals surface area contributed by atoms with Crippen molar-refractivity contribution in [3.05, 3.63) is 118 Å². The Balaban J connectivity index is 1.81. The van der Waals surface area contributed by atoms with Crippen molar-refractivity contribution in [3.63, 3.8) is 0 Å². The Morgan fingerprint density at radius 3 is 2.28 bits per heavy atom. The maximum Gasteiger partial charge on any atom is 0.338 e. The molecule has 1 heterocycles. The quantitative estimate of drug-likeness (QED) is 0.279. The molecule has 1 aliphatic heterocycles. The van der Waals surface area contributed by atoms with Gasteiger partial charge in [-0.15, -0.1) is 0 Å². The molecule has 0 saturated heterocycles. The predicted molar refractivity (Wildman–Crippen MR) is 158 cm³/mol. The molecular weight excluding hydrogens is 551 g/mol. The minimum absolute atomic E-state index is 0.0341. The Morgan fingerprint density at radius 2 is 1.63 bits per heavy atom. The van der Waals surface area contributed by atoms with Crippen LogP contribution < -0.4 is 15.4 Å². The van der Waals surface area contributed by atoms with Gasteiger partial charge in [-0.2, -0.15) is 0 Å². The second-order valence-corrected chi connectivity index (χ2v) is 10.2. The number of carbonyl (C=O) groups excluding carboxylic acids is 3. The molecule has 2 aliphatic rings. The molecule has 0 radical (unpaired) electrons. The number of ether oxygens (including phenoxy) is 3. The molecule has 2 N–H and O–H groups in total. The summed E-state index contributed by atoms with van der Waals surface area (Å²) in [4.78, 5) is 43.6. The molecule has 0 bridgehead atoms. The highest BCUT2D eigenvalue weighted by Gasteiger charge is 2.51. The van der Waals surface area contributed by atoms with Gasteiger partial charge >= 0.3 is 11.9 Å². The summed E-state index contributed by atoms with van der Waals surface area (Å²) in [5.41, 5.74) is 9.42. The molecule has 0 amide bonds. The third kappa shape index (κ3) is 5.50. The number of carbonyl (C=O) groups is 3. The van der Waals surface area contributed by atoms with E-state index in [0.29, 0.717) is 28.3 Å². The van der Waals surface area contributed by atoms with Gasteiger partial charge in [0.05, 0.1) is 31.8 Å². The average Bonchev–Trinajstić information content (AvgIpc) is 3.01. The third-order valence-electron chi connectivity index (χ3n) is 7.81. The highest BCUT2D eigenvalue weighted by Crippen LogP contribution is 2.51. The first kappa shape index (κ1) is 29.6. The van der Waals surface area contributed by atoms with Gasteiger partial charge in [0.15, 0.2) is 5.78 Å². The maximum atomic E-state index is 14.8. The summed E-state index contributed by atoms with van der Waals surface area (Å²) in [6, 6.07) is 21.9. The molecule has 1 aliphatic carbocycles. The third-order valence-corrected chi connectivity index (χ3v) is 7.81. The number of halogens is 1. The van der Waals surface area contributed by atoms with Gasteiger partial charge in [-0.3, -0.25) is 14.5 Å². The molecule has 8 nitrogen and oxygen atoms in total. The molecular formula is C34H33FN2O6. The first-order valence-corrected chi connectivity index (χ1v) is 14.2. The molecule has 3 aromatic carbocycles. The Labute approximate surface area is 249 Å². The lowest BCUT2D eigenvalue weighted by Crippen LogP contribution is -2.46. The molecule has 0 aromatic heterocycles. The number of allylic oxidation sites excluding steroid dienone is 2. The average molecular weight is 585 g/mol. The van der Waals surface area contributed by atoms with Crippen LogP contribution >= 0.6 is 0 Å². The lowest BCUT2D eigenvalue weighted by Gasteiger charge is -2.44. The fourth-order valence-electron chi connectivity index (χ4n) is 5.98. The number of methoxy groups -OCH3 is 1. The monoisotopic (exact) mass is 584 g/mol. The minimum atomic E-state index is -1.21. The predicted octanol–water partition coefficient (Wildman–Crippen LogP) is 5.36. The SMILES string of the molecule is CCOC(=O)C1=C(N)N(c2ccccc2)C2=C(C(=O)[C@H](C(=O)OCC)[C@H](c3cccc(OC)c3)C2)[C@H]1c1ccc(F)cc1. The number of hydrogen-bond acceptors (Lipinski definition) is 8. The van der Waals surface area contributed by atoms with Gasteiger partial charge in [0.1, 0.15) is 23.3 Å². The highest BCUT2D eigenvalue weighted by molar-refractivity contribution is 6.14. The molecule has 5 rings (SSSR count). The normalized spacial score (nSPS) is 20.0. The lowest BCUT2D eigenvalue weighted by atomic mass is 9.67. The van der Waals surface area contributed by atoms with E-state index in [1.54, 1.807) is 44.1 Å². The first-order chi connectivity index (χ1) is 20.8. The number of anilines is 1. The van der Waals surface area contributed by atoms with Crippen LogP contribution in [0.3, 0.4) is 0 Å². The largest absolute Gasteiger partial charge is 0.497 e. The van der Waals surface area contributed by atoms with E-state index in [1.165, 1.54) is 24.3 Å². The summed E-state index contributed by atoms with van der Waals surface area (Å²) in [5.74, 6) is -4.55. The molecule has 43 heavy (non-hydrogen) atoms. The Bertz CT molecular complexity index is 1600. The second kappa shape index (κ2) is 12.5. The number of nitrogens with zero attached hydrogens (tertiary/aromatic N) is 1. The van der Waals surface area contributed by atoms with E-state index >= 15 is 0 Å². The molecule has 0 fully saturated rings. The number of benzene rings is 3. The zero-order chi connectivity index (χ0) is 30.7. The number of hydrogen-bond donors (Lipinski definition) is 1. The Morgan fingerprint density at radius 1 is 0.930 bits per heavy atom. The van der Waals surface area contributed by atoms with Crippen molar-refractivity contribution in [3.8, 4) is 5.75 Å². The number of para-hydroxylation sites is 1. The minimum Gasteiger partial charge on any atom is -0.497 e. The van der Waals surface area contributed by atoms with Crippen molar-refractivity contribution in [2.45, 2.75) is 32.1 Å². The molecule has 3 aromatic rings. The van der Waals surface area contributed by atoms with Gasteiger partial charge in [0.2, 0.25) is 0 Å². The summed E-state index contributed by atoms with van der Waals surface area (Å²) < 4.78 is 30.4. The van der Waals surface area contributed by atoms with Crippen LogP contribution in [0.2, 0.25) is 0 Å². The van der Waals surface area contributed by atoms with Gasteiger partial charge in [-0.05, 0) is 67.8 Å². The van der Waals surface area contributed by atoms with E-state index in [9.17, 15) is 18.8 Å². The molecule has 222 valence electrons. The fourth-order valence-corrected chi connectivity index (χ4v) is 5.98. The van der Waals surface area contributed by atoms with E-state index in [2.05, 4.69) is 0 Å². The number of rotatable bonds is 8. The molecule has 0 saturated carbocycles. The van der Waals surface area contributed by atoms with Gasteiger partial charge in [-0.1, -0.05) is 42.5 Å². The van der Waals surface area contributed by atoms with E-state index in [4.69, 9.17) is 19.9 Å². The summed E-state index contributed by atoms with van der Waals surface area (Å²) in [7, 11) is 1.54. The van der Waals surface area contributed by atoms with Crippen molar-refractivity contribution in [2.24, 2.45) is 11.7 Å². The van der Waals surface area contributed by atoms with Crippen molar-refractivity contribution < 1.29 is 33.0 Å². The number of nitrogens with two attached hydrogens (primary N) is 1. The van der Waals surface area contributed by atoms with Crippen LogP contribution in [0, 0.1) is 11.7 Å². The first-order valence-electron chi connectivity index (χ1n) is 14.2. The van der Waals surface area contributed by atoms with Crippen LogP contribution in [0.15, 0.2) is 102 Å². The summed E-state index contributed by atoms with van der Waals surface area (Å²) in [5, 5.41) is 0. The topological polar surface area (TPSA) is 108 Å². The van der Waals surface area contributed by atoms with Crippen molar-refractivity contribution in [2.75, 3.05) is 25.2 Å². The molecule has 0 unspecified atom stereocenters. The van der Waals surface area contributed by atoms with Crippen molar-refractivity contribution in [1.82, 2.24) is 0 Å². The van der Waals surface area contributed by atoms with E-state index in [-0.39, 0.29) is 36.6 Å². The number of ketones is 1. The lowest BCUT2D eigenvalue weighted by molar-refractivity contribution is -0.152. The van der Waals surface area contributed by atoms with Crippen LogP contribution in [-0.2, 0) is 23.9 Å². The number of Topliss-reactive ketones (excluding diaryl/α,β-unsaturated/α-hetero) is 1. The maximum absolute atomic E-state index is 14.8. The van der Waals surface area contributed by atoms with Crippen LogP contribution in [0.1, 0.15) is 43.2 Å². The van der Waals surface area contributed by atoms with E-state index < -0.39 is 41.3 Å². The summed E-state index contributed by atoms with van der Waals surface area (Å²) in [6.07, 6.45) is 0.209. The molecule has 3 atom stereocenters. The van der Waals surface area contributed by atoms with Crippen molar-refractivity contribution in [1.29, 1.82) is 0 Å². The summed E-state index contributed by atoms with van der Waals surface area (Å²) in [6.45, 7) is 3.50. The standard InChI is InChI=1S/C34H33FN2O6/c1-4-42-33(39)28-25(21-10-9-13-24(18-21)41-3)19-26-29(31(28)38)27(20-14-16-22(35)17-15-20)30(34(40)43-5-2)32(36)37(26)23-11-7-6-8-12-23/h6-18,25,27-28H,4-5,19,36H2,1-3H3/t25-,27+,28+/m0/s1. The van der Waals surface area contributed by atoms with Crippen LogP contribution in [-0.4, -0.2) is 38.0 Å². The highest BCUT2D eigenvalue weighted by atomic mass is 19.1. The number of esters is 2. The zero-order valence-corrected chi connectivity index (χ0v) is 24.2. The van der Waals surface area contributed by atoms with Crippen LogP contribution in [0.5, 0.6) is 5.75 Å². The van der Waals surface area contributed by atoms with E-state index in [0.717, 1.165) is 0 Å². The summed E-state index contributed by atoms with van der Waals surface area (Å²) >= 11 is 0. The Hall–Kier alpha value is -4.92. The van der Waals surface area contributed by atoms with Crippen LogP contribution in [0.4, 0.5) is 10.1 Å². The van der Waals surface area contributed by atoms with Gasteiger partial charge in [0.25, 0.3) is 0 Å². The second-order valence-electron chi connectivity index (χ2n) is 10.2. The zero-order valence-electron chi connectivity index (χ0n) is 24.2. The van der Waals surface area contributed by atoms with Crippen LogP contribution in [0.25, 0.3) is 0 Å². The van der Waals surface area contributed by atoms with Gasteiger partial charge in [0, 0.05) is 22.9 Å². The smallest absolute Gasteiger partial charge is 0.338 e. The van der Waals surface area contributed by atoms with Crippen molar-refractivity contribution >= 4 is 23.4 Å². The Kier molecular flexibility index (Phi) is 8.61. The fraction of sp³-hybridized carbons (Fsp3) is 0.265.